The van der Waals surface area contributed by atoms with E-state index in [-0.39, 0.29) is 80.6 Å². The van der Waals surface area contributed by atoms with Gasteiger partial charge in [-0.2, -0.15) is 19.9 Å². The second kappa shape index (κ2) is 19.6. The van der Waals surface area contributed by atoms with Crippen LogP contribution in [-0.4, -0.2) is 97.5 Å². The van der Waals surface area contributed by atoms with E-state index >= 15 is 0 Å². The number of nitrogen functional groups attached to an aromatic ring is 4. The Labute approximate surface area is 372 Å². The average Bonchev–Trinajstić information content (AvgIpc) is 3.27. The monoisotopic (exact) mass is 894 g/mol. The highest BCUT2D eigenvalue weighted by Gasteiger charge is 2.27. The molecule has 2 aliphatic rings. The summed E-state index contributed by atoms with van der Waals surface area (Å²) in [7, 11) is 0. The van der Waals surface area contributed by atoms with Crippen LogP contribution in [0.25, 0.3) is 5.70 Å². The zero-order chi connectivity index (χ0) is 44.6. The first-order valence-electron chi connectivity index (χ1n) is 20.0. The largest absolute Gasteiger partial charge is 0.382 e. The minimum absolute atomic E-state index is 0.0000164. The Morgan fingerprint density at radius 1 is 0.651 bits per heavy atom. The van der Waals surface area contributed by atoms with Crippen LogP contribution in [0.3, 0.4) is 0 Å². The van der Waals surface area contributed by atoms with Gasteiger partial charge in [0.05, 0.1) is 5.70 Å². The molecule has 2 aromatic carbocycles. The van der Waals surface area contributed by atoms with Crippen molar-refractivity contribution < 1.29 is 4.79 Å². The van der Waals surface area contributed by atoms with Crippen LogP contribution in [-0.2, 0) is 0 Å². The molecule has 0 atom stereocenters. The zero-order valence-electron chi connectivity index (χ0n) is 34.1. The van der Waals surface area contributed by atoms with Crippen LogP contribution >= 0.6 is 23.2 Å². The van der Waals surface area contributed by atoms with Crippen LogP contribution in [0.4, 0.5) is 41.1 Å². The summed E-state index contributed by atoms with van der Waals surface area (Å²) in [4.78, 5) is 56.1. The number of hydrogen-bond acceptors (Lipinski definition) is 16. The minimum Gasteiger partial charge on any atom is -0.382 e. The lowest BCUT2D eigenvalue weighted by atomic mass is 9.91. The highest BCUT2D eigenvalue weighted by molar-refractivity contribution is 6.32. The molecule has 2 fully saturated rings. The van der Waals surface area contributed by atoms with E-state index in [4.69, 9.17) is 72.6 Å². The summed E-state index contributed by atoms with van der Waals surface area (Å²) < 4.78 is 0. The molecule has 2 saturated heterocycles. The number of aliphatic imine (C=N–C) groups is 2. The predicted octanol–water partition coefficient (Wildman–Crippen LogP) is 2.59. The molecule has 2 aliphatic heterocycles. The first-order valence-corrected chi connectivity index (χ1v) is 20.8. The molecular weight excluding hydrogens is 847 g/mol. The number of nitrogens with one attached hydrogen (secondary N) is 3. The Hall–Kier alpha value is -7.26. The molecule has 5 heterocycles. The number of hydrogen-bond donors (Lipinski definition) is 9. The number of nitrogens with two attached hydrogens (primary N) is 6. The van der Waals surface area contributed by atoms with E-state index in [0.717, 1.165) is 11.1 Å². The summed E-state index contributed by atoms with van der Waals surface area (Å²) in [5.41, 5.74) is 38.0. The van der Waals surface area contributed by atoms with Gasteiger partial charge < -0.3 is 60.2 Å². The predicted molar refractivity (Wildman–Crippen MR) is 248 cm³/mol. The van der Waals surface area contributed by atoms with E-state index < -0.39 is 5.91 Å². The van der Waals surface area contributed by atoms with Crippen molar-refractivity contribution in [1.29, 1.82) is 0 Å². The molecular formula is C40H48Cl2N20O. The lowest BCUT2D eigenvalue weighted by Gasteiger charge is -2.35. The van der Waals surface area contributed by atoms with Gasteiger partial charge in [0, 0.05) is 50.7 Å². The zero-order valence-corrected chi connectivity index (χ0v) is 35.6. The molecule has 0 aliphatic carbocycles. The van der Waals surface area contributed by atoms with Gasteiger partial charge >= 0.3 is 5.91 Å². The van der Waals surface area contributed by atoms with Gasteiger partial charge in [0.2, 0.25) is 17.8 Å². The third-order valence-corrected chi connectivity index (χ3v) is 11.1. The standard InChI is InChI=1S/C40H48Cl2N20O/c1-21(27-31(43)55-33(45)29(41)53-27)50-36(47)51-24-12-16-61(17-13-24)39-58-38(49-20-26(22-8-4-2-5-9-22)23-10-6-3-7-11-23)59-40(60-39)62-18-14-25(15-19-62)52-37(48)57-35(63)28-32(44)56-34(46)30(42)54-28/h2-11,24-26H,1,12-20H2,(H4,43,45,55)(H4,44,46,56)(H3,47,50,51)(H3,48,52,57,63)(H,49,58,59,60). The third-order valence-electron chi connectivity index (χ3n) is 10.5. The molecule has 63 heavy (non-hydrogen) atoms. The lowest BCUT2D eigenvalue weighted by molar-refractivity contribution is 0.0998. The SMILES string of the molecule is C=C(/N=C(\N)NC1CCN(c2nc(NCC(c3ccccc3)c3ccccc3)nc(N3CCC(N/C(N)=N/C(=O)c4nc(Cl)c(N)nc4N)CC3)n2)CC1)c1nc(Cl)c(N)nc1N. The van der Waals surface area contributed by atoms with Gasteiger partial charge in [0.25, 0.3) is 0 Å². The topological polar surface area (TPSA) is 331 Å². The maximum atomic E-state index is 12.8. The van der Waals surface area contributed by atoms with Gasteiger partial charge in [0.15, 0.2) is 51.2 Å². The number of aromatic nitrogens is 7. The van der Waals surface area contributed by atoms with Crippen molar-refractivity contribution in [2.75, 3.05) is 70.8 Å². The Morgan fingerprint density at radius 3 is 1.59 bits per heavy atom. The average molecular weight is 896 g/mol. The smallest absolute Gasteiger partial charge is 0.302 e. The molecule has 328 valence electrons. The van der Waals surface area contributed by atoms with Crippen molar-refractivity contribution in [3.63, 3.8) is 0 Å². The highest BCUT2D eigenvalue weighted by atomic mass is 35.5. The summed E-state index contributed by atoms with van der Waals surface area (Å²) in [5.74, 6) is 0.576. The summed E-state index contributed by atoms with van der Waals surface area (Å²) >= 11 is 12.0. The fourth-order valence-corrected chi connectivity index (χ4v) is 7.51. The number of guanidine groups is 2. The van der Waals surface area contributed by atoms with Crippen molar-refractivity contribution in [2.45, 2.75) is 43.7 Å². The molecule has 0 bridgehead atoms. The van der Waals surface area contributed by atoms with Gasteiger partial charge in [-0.1, -0.05) is 90.4 Å². The molecule has 21 nitrogen and oxygen atoms in total. The number of anilines is 7. The Morgan fingerprint density at radius 2 is 1.10 bits per heavy atom. The molecule has 7 rings (SSSR count). The van der Waals surface area contributed by atoms with Crippen molar-refractivity contribution in [3.05, 3.63) is 100 Å². The molecule has 0 radical (unpaired) electrons. The van der Waals surface area contributed by atoms with Crippen molar-refractivity contribution in [1.82, 2.24) is 45.5 Å². The summed E-state index contributed by atoms with van der Waals surface area (Å²) in [6, 6.07) is 20.5. The quantitative estimate of drug-likeness (QED) is 0.0642. The number of benzene rings is 2. The van der Waals surface area contributed by atoms with Crippen LogP contribution in [0, 0.1) is 0 Å². The van der Waals surface area contributed by atoms with Crippen molar-refractivity contribution in [2.24, 2.45) is 21.5 Å². The minimum atomic E-state index is -0.799. The number of carbonyl (C=O) groups is 1. The molecule has 5 aromatic rings. The van der Waals surface area contributed by atoms with Gasteiger partial charge in [-0.05, 0) is 36.8 Å². The second-order valence-electron chi connectivity index (χ2n) is 14.8. The van der Waals surface area contributed by atoms with Gasteiger partial charge in [-0.15, -0.1) is 0 Å². The van der Waals surface area contributed by atoms with Crippen LogP contribution < -0.4 is 60.2 Å². The summed E-state index contributed by atoms with van der Waals surface area (Å²) in [5, 5.41) is 9.78. The molecule has 0 unspecified atom stereocenters. The highest BCUT2D eigenvalue weighted by Crippen LogP contribution is 2.28. The summed E-state index contributed by atoms with van der Waals surface area (Å²) in [6.45, 7) is 6.89. The number of halogens is 2. The fourth-order valence-electron chi connectivity index (χ4n) is 7.25. The first kappa shape index (κ1) is 43.8. The Kier molecular flexibility index (Phi) is 13.7. The second-order valence-corrected chi connectivity index (χ2v) is 15.6. The van der Waals surface area contributed by atoms with E-state index in [1.807, 2.05) is 36.4 Å². The van der Waals surface area contributed by atoms with Crippen molar-refractivity contribution in [3.8, 4) is 0 Å². The van der Waals surface area contributed by atoms with E-state index in [0.29, 0.717) is 76.3 Å². The normalized spacial score (nSPS) is 15.3. The van der Waals surface area contributed by atoms with Crippen LogP contribution in [0.2, 0.25) is 10.3 Å². The Bertz CT molecular complexity index is 2330. The van der Waals surface area contributed by atoms with E-state index in [9.17, 15) is 4.79 Å². The maximum Gasteiger partial charge on any atom is 0.302 e. The van der Waals surface area contributed by atoms with Gasteiger partial charge in [0.1, 0.15) is 5.69 Å². The van der Waals surface area contributed by atoms with Crippen molar-refractivity contribution >= 4 is 87.8 Å². The van der Waals surface area contributed by atoms with Gasteiger partial charge in [-0.3, -0.25) is 4.79 Å². The number of piperidine rings is 2. The lowest BCUT2D eigenvalue weighted by Crippen LogP contribution is -2.48. The van der Waals surface area contributed by atoms with E-state index in [2.05, 4.69) is 86.5 Å². The number of nitrogens with zero attached hydrogens (tertiary/aromatic N) is 11. The molecule has 3 aromatic heterocycles. The number of rotatable bonds is 12. The number of amides is 1. The van der Waals surface area contributed by atoms with Crippen LogP contribution in [0.5, 0.6) is 0 Å². The molecule has 23 heteroatoms. The van der Waals surface area contributed by atoms with E-state index in [1.54, 1.807) is 0 Å². The van der Waals surface area contributed by atoms with Crippen LogP contribution in [0.15, 0.2) is 77.2 Å². The third kappa shape index (κ3) is 11.0. The first-order chi connectivity index (χ1) is 30.3. The van der Waals surface area contributed by atoms with E-state index in [1.165, 1.54) is 0 Å². The number of carbonyl (C=O) groups excluding carboxylic acids is 1. The fraction of sp³-hybridized carbons (Fsp3) is 0.300. The summed E-state index contributed by atoms with van der Waals surface area (Å²) in [6.07, 6.45) is 2.70. The van der Waals surface area contributed by atoms with Crippen LogP contribution in [0.1, 0.15) is 58.9 Å². The molecule has 0 saturated carbocycles. The molecule has 1 amide bonds. The molecule has 15 N–H and O–H groups in total. The maximum absolute atomic E-state index is 12.8. The Balaban J connectivity index is 1.05. The molecule has 0 spiro atoms. The van der Waals surface area contributed by atoms with Gasteiger partial charge in [-0.25, -0.2) is 24.9 Å².